The first kappa shape index (κ1) is 19.7. The van der Waals surface area contributed by atoms with Crippen LogP contribution in [0.5, 0.6) is 0 Å². The van der Waals surface area contributed by atoms with E-state index in [1.807, 2.05) is 35.1 Å². The molecule has 0 fully saturated rings. The molecule has 0 atom stereocenters. The van der Waals surface area contributed by atoms with E-state index in [2.05, 4.69) is 28.2 Å². The van der Waals surface area contributed by atoms with Gasteiger partial charge in [-0.2, -0.15) is 0 Å². The van der Waals surface area contributed by atoms with Crippen LogP contribution in [0.2, 0.25) is 5.02 Å². The molecule has 8 heteroatoms. The summed E-state index contributed by atoms with van der Waals surface area (Å²) in [5.74, 6) is 0.990. The molecule has 1 N–H and O–H groups in total. The minimum atomic E-state index is -0.113. The monoisotopic (exact) mass is 418 g/mol. The molecule has 0 aliphatic rings. The number of carbonyl (C=O) groups is 1. The molecule has 0 saturated carbocycles. The summed E-state index contributed by atoms with van der Waals surface area (Å²) in [5.41, 5.74) is 1.57. The lowest BCUT2D eigenvalue weighted by molar-refractivity contribution is -0.113. The van der Waals surface area contributed by atoms with Crippen LogP contribution in [0, 0.1) is 6.92 Å². The summed E-state index contributed by atoms with van der Waals surface area (Å²) >= 11 is 9.15. The number of hydrogen-bond acceptors (Lipinski definition) is 5. The van der Waals surface area contributed by atoms with Gasteiger partial charge in [-0.05, 0) is 36.1 Å². The van der Waals surface area contributed by atoms with Crippen molar-refractivity contribution in [2.45, 2.75) is 25.0 Å². The number of allylic oxidation sites excluding steroid dienone is 1. The second-order valence-corrected chi connectivity index (χ2v) is 8.19. The Morgan fingerprint density at radius 2 is 2.22 bits per heavy atom. The van der Waals surface area contributed by atoms with Gasteiger partial charge in [-0.25, -0.2) is 0 Å². The molecule has 1 aromatic carbocycles. The maximum Gasteiger partial charge on any atom is 0.234 e. The van der Waals surface area contributed by atoms with Gasteiger partial charge in [0.15, 0.2) is 5.16 Å². The van der Waals surface area contributed by atoms with Gasteiger partial charge in [-0.15, -0.1) is 28.1 Å². The molecule has 0 radical (unpaired) electrons. The molecule has 27 heavy (non-hydrogen) atoms. The molecule has 0 aliphatic heterocycles. The van der Waals surface area contributed by atoms with Crippen molar-refractivity contribution in [2.24, 2.45) is 0 Å². The standard InChI is InChI=1S/C19H19ClN4OS2/c1-3-9-24-17(11-14-6-5-10-26-14)22-23-19(24)27-12-18(25)21-16-8-4-7-15(20)13(16)2/h3-8,10H,1,9,11-12H2,2H3,(H,21,25). The second-order valence-electron chi connectivity index (χ2n) is 5.80. The molecule has 0 unspecified atom stereocenters. The van der Waals surface area contributed by atoms with Gasteiger partial charge in [0, 0.05) is 28.6 Å². The molecule has 0 saturated heterocycles. The summed E-state index contributed by atoms with van der Waals surface area (Å²) in [4.78, 5) is 13.6. The Morgan fingerprint density at radius 3 is 2.96 bits per heavy atom. The Labute approximate surface area is 171 Å². The van der Waals surface area contributed by atoms with Crippen LogP contribution in [0.25, 0.3) is 0 Å². The predicted octanol–water partition coefficient (Wildman–Crippen LogP) is 4.81. The number of thioether (sulfide) groups is 1. The van der Waals surface area contributed by atoms with Crippen molar-refractivity contribution in [1.29, 1.82) is 0 Å². The topological polar surface area (TPSA) is 59.8 Å². The van der Waals surface area contributed by atoms with E-state index in [0.717, 1.165) is 17.1 Å². The van der Waals surface area contributed by atoms with E-state index >= 15 is 0 Å². The van der Waals surface area contributed by atoms with Gasteiger partial charge in [0.25, 0.3) is 0 Å². The highest BCUT2D eigenvalue weighted by Crippen LogP contribution is 2.24. The van der Waals surface area contributed by atoms with Crippen LogP contribution in [0.4, 0.5) is 5.69 Å². The minimum Gasteiger partial charge on any atom is -0.325 e. The van der Waals surface area contributed by atoms with Crippen LogP contribution in [-0.2, 0) is 17.8 Å². The fourth-order valence-corrected chi connectivity index (χ4v) is 4.14. The van der Waals surface area contributed by atoms with Crippen LogP contribution in [0.3, 0.4) is 0 Å². The van der Waals surface area contributed by atoms with E-state index in [-0.39, 0.29) is 11.7 Å². The third kappa shape index (κ3) is 5.00. The average Bonchev–Trinajstić information content (AvgIpc) is 3.29. The second kappa shape index (κ2) is 9.21. The predicted molar refractivity (Wildman–Crippen MR) is 113 cm³/mol. The quantitative estimate of drug-likeness (QED) is 0.421. The summed E-state index contributed by atoms with van der Waals surface area (Å²) in [6, 6.07) is 9.55. The van der Waals surface area contributed by atoms with Gasteiger partial charge in [0.1, 0.15) is 5.82 Å². The van der Waals surface area contributed by atoms with Crippen molar-refractivity contribution >= 4 is 46.3 Å². The number of aromatic nitrogens is 3. The SMILES string of the molecule is C=CCn1c(Cc2cccs2)nnc1SCC(=O)Nc1cccc(Cl)c1C. The van der Waals surface area contributed by atoms with Gasteiger partial charge in [0.05, 0.1) is 5.75 Å². The molecule has 5 nitrogen and oxygen atoms in total. The van der Waals surface area contributed by atoms with Gasteiger partial charge < -0.3 is 9.88 Å². The molecule has 3 rings (SSSR count). The van der Waals surface area contributed by atoms with Crippen molar-refractivity contribution in [3.8, 4) is 0 Å². The number of hydrogen-bond donors (Lipinski definition) is 1. The zero-order valence-corrected chi connectivity index (χ0v) is 17.2. The van der Waals surface area contributed by atoms with Gasteiger partial charge >= 0.3 is 0 Å². The smallest absolute Gasteiger partial charge is 0.234 e. The van der Waals surface area contributed by atoms with Crippen LogP contribution in [0.15, 0.2) is 53.5 Å². The summed E-state index contributed by atoms with van der Waals surface area (Å²) in [7, 11) is 0. The summed E-state index contributed by atoms with van der Waals surface area (Å²) in [5, 5.41) is 14.8. The molecule has 0 aliphatic carbocycles. The highest BCUT2D eigenvalue weighted by molar-refractivity contribution is 7.99. The fourth-order valence-electron chi connectivity index (χ4n) is 2.50. The summed E-state index contributed by atoms with van der Waals surface area (Å²) in [6.07, 6.45) is 2.52. The largest absolute Gasteiger partial charge is 0.325 e. The number of rotatable bonds is 8. The molecule has 2 aromatic heterocycles. The van der Waals surface area contributed by atoms with E-state index in [9.17, 15) is 4.79 Å². The van der Waals surface area contributed by atoms with Crippen LogP contribution < -0.4 is 5.32 Å². The lowest BCUT2D eigenvalue weighted by Gasteiger charge is -2.10. The zero-order valence-electron chi connectivity index (χ0n) is 14.8. The molecule has 2 heterocycles. The zero-order chi connectivity index (χ0) is 19.2. The van der Waals surface area contributed by atoms with E-state index in [1.165, 1.54) is 16.6 Å². The van der Waals surface area contributed by atoms with E-state index < -0.39 is 0 Å². The fraction of sp³-hybridized carbons (Fsp3) is 0.211. The molecular formula is C19H19ClN4OS2. The molecule has 0 bridgehead atoms. The van der Waals surface area contributed by atoms with Crippen molar-refractivity contribution < 1.29 is 4.79 Å². The maximum atomic E-state index is 12.3. The highest BCUT2D eigenvalue weighted by Gasteiger charge is 2.15. The molecule has 1 amide bonds. The number of anilines is 1. The highest BCUT2D eigenvalue weighted by atomic mass is 35.5. The van der Waals surface area contributed by atoms with E-state index in [0.29, 0.717) is 23.1 Å². The molecule has 3 aromatic rings. The Hall–Kier alpha value is -2.09. The Kier molecular flexibility index (Phi) is 6.71. The number of thiophene rings is 1. The summed E-state index contributed by atoms with van der Waals surface area (Å²) in [6.45, 7) is 6.29. The number of halogens is 1. The van der Waals surface area contributed by atoms with Gasteiger partial charge in [-0.1, -0.05) is 41.6 Å². The van der Waals surface area contributed by atoms with Crippen LogP contribution in [0.1, 0.15) is 16.3 Å². The number of benzene rings is 1. The maximum absolute atomic E-state index is 12.3. The number of nitrogens with one attached hydrogen (secondary N) is 1. The number of amides is 1. The minimum absolute atomic E-state index is 0.113. The van der Waals surface area contributed by atoms with E-state index in [1.54, 1.807) is 23.5 Å². The Morgan fingerprint density at radius 1 is 1.37 bits per heavy atom. The van der Waals surface area contributed by atoms with Crippen molar-refractivity contribution in [1.82, 2.24) is 14.8 Å². The third-order valence-corrected chi connectivity index (χ3v) is 6.14. The van der Waals surface area contributed by atoms with Crippen LogP contribution >= 0.6 is 34.7 Å². The molecule has 140 valence electrons. The lowest BCUT2D eigenvalue weighted by Crippen LogP contribution is -2.15. The van der Waals surface area contributed by atoms with E-state index in [4.69, 9.17) is 11.6 Å². The average molecular weight is 419 g/mol. The first-order valence-corrected chi connectivity index (χ1v) is 10.6. The Bertz CT molecular complexity index is 937. The summed E-state index contributed by atoms with van der Waals surface area (Å²) < 4.78 is 2.00. The third-order valence-electron chi connectivity index (χ3n) is 3.89. The van der Waals surface area contributed by atoms with Gasteiger partial charge in [-0.3, -0.25) is 4.79 Å². The number of carbonyl (C=O) groups excluding carboxylic acids is 1. The molecular weight excluding hydrogens is 400 g/mol. The van der Waals surface area contributed by atoms with Crippen molar-refractivity contribution in [2.75, 3.05) is 11.1 Å². The molecule has 0 spiro atoms. The lowest BCUT2D eigenvalue weighted by atomic mass is 10.2. The van der Waals surface area contributed by atoms with Crippen molar-refractivity contribution in [3.05, 3.63) is 69.7 Å². The number of nitrogens with zero attached hydrogens (tertiary/aromatic N) is 3. The van der Waals surface area contributed by atoms with Gasteiger partial charge in [0.2, 0.25) is 5.91 Å². The normalized spacial score (nSPS) is 10.7. The van der Waals surface area contributed by atoms with Crippen LogP contribution in [-0.4, -0.2) is 26.4 Å². The Balaban J connectivity index is 1.66. The van der Waals surface area contributed by atoms with Crippen molar-refractivity contribution in [3.63, 3.8) is 0 Å². The first-order valence-electron chi connectivity index (χ1n) is 8.31. The first-order chi connectivity index (χ1) is 13.1.